The van der Waals surface area contributed by atoms with Crippen molar-refractivity contribution in [1.29, 1.82) is 0 Å². The molecule has 1 aliphatic carbocycles. The fourth-order valence-corrected chi connectivity index (χ4v) is 4.20. The second kappa shape index (κ2) is 6.29. The largest absolute Gasteiger partial charge is 0.454 e. The summed E-state index contributed by atoms with van der Waals surface area (Å²) in [7, 11) is 0. The summed E-state index contributed by atoms with van der Waals surface area (Å²) in [5.74, 6) is 3.12. The van der Waals surface area contributed by atoms with Crippen LogP contribution in [0.5, 0.6) is 11.5 Å². The summed E-state index contributed by atoms with van der Waals surface area (Å²) >= 11 is 6.50. The average molecular weight is 395 g/mol. The highest BCUT2D eigenvalue weighted by Gasteiger charge is 2.28. The maximum atomic E-state index is 6.50. The van der Waals surface area contributed by atoms with Gasteiger partial charge in [0, 0.05) is 66.4 Å². The van der Waals surface area contributed by atoms with Crippen molar-refractivity contribution < 1.29 is 9.47 Å². The molecule has 28 heavy (non-hydrogen) atoms. The molecule has 6 rings (SSSR count). The van der Waals surface area contributed by atoms with Crippen molar-refractivity contribution >= 4 is 22.5 Å². The molecule has 4 heterocycles. The van der Waals surface area contributed by atoms with E-state index in [0.717, 1.165) is 59.8 Å². The smallest absolute Gasteiger partial charge is 0.231 e. The van der Waals surface area contributed by atoms with Crippen LogP contribution in [0, 0.1) is 0 Å². The van der Waals surface area contributed by atoms with Crippen molar-refractivity contribution in [2.45, 2.75) is 38.3 Å². The molecule has 0 N–H and O–H groups in total. The van der Waals surface area contributed by atoms with Gasteiger partial charge in [0.05, 0.1) is 5.52 Å². The van der Waals surface area contributed by atoms with Gasteiger partial charge in [0.15, 0.2) is 11.5 Å². The van der Waals surface area contributed by atoms with Gasteiger partial charge in [-0.3, -0.25) is 4.90 Å². The number of benzene rings is 1. The molecular formula is C21H19ClN4O2. The van der Waals surface area contributed by atoms with Crippen LogP contribution < -0.4 is 9.47 Å². The first-order chi connectivity index (χ1) is 13.7. The van der Waals surface area contributed by atoms with Crippen LogP contribution >= 0.6 is 11.6 Å². The van der Waals surface area contributed by atoms with Gasteiger partial charge >= 0.3 is 0 Å². The van der Waals surface area contributed by atoms with E-state index in [1.54, 1.807) is 0 Å². The molecule has 0 radical (unpaired) electrons. The maximum absolute atomic E-state index is 6.50. The summed E-state index contributed by atoms with van der Waals surface area (Å²) in [5.41, 5.74) is 4.28. The van der Waals surface area contributed by atoms with Crippen molar-refractivity contribution in [3.63, 3.8) is 0 Å². The summed E-state index contributed by atoms with van der Waals surface area (Å²) in [6, 6.07) is 5.97. The molecule has 3 aromatic rings. The van der Waals surface area contributed by atoms with Crippen LogP contribution in [0.25, 0.3) is 10.9 Å². The summed E-state index contributed by atoms with van der Waals surface area (Å²) in [5, 5.41) is 1.55. The third-order valence-corrected chi connectivity index (χ3v) is 6.03. The monoisotopic (exact) mass is 394 g/mol. The summed E-state index contributed by atoms with van der Waals surface area (Å²) in [4.78, 5) is 16.4. The molecule has 2 aromatic heterocycles. The van der Waals surface area contributed by atoms with Gasteiger partial charge in [-0.2, -0.15) is 0 Å². The third-order valence-electron chi connectivity index (χ3n) is 5.70. The number of hydrogen-bond donors (Lipinski definition) is 0. The highest BCUT2D eigenvalue weighted by molar-refractivity contribution is 6.30. The summed E-state index contributed by atoms with van der Waals surface area (Å²) in [6.07, 6.45) is 5.44. The Bertz CT molecular complexity index is 1100. The van der Waals surface area contributed by atoms with Gasteiger partial charge in [-0.05, 0) is 25.0 Å². The molecule has 0 amide bonds. The van der Waals surface area contributed by atoms with Gasteiger partial charge in [-0.15, -0.1) is 0 Å². The van der Waals surface area contributed by atoms with Crippen LogP contribution in [0.4, 0.5) is 0 Å². The van der Waals surface area contributed by atoms with Crippen LogP contribution in [0.1, 0.15) is 41.4 Å². The predicted molar refractivity (Wildman–Crippen MR) is 105 cm³/mol. The standard InChI is InChI=1S/C21H19ClN4O2/c22-20-14(5-13-6-18-19(28-11-27-18)7-17(13)24-20)9-26-4-3-16-15(10-26)8-23-21(25-16)12-1-2-12/h5-8,12H,1-4,9-11H2. The highest BCUT2D eigenvalue weighted by Crippen LogP contribution is 2.39. The molecule has 1 fully saturated rings. The van der Waals surface area contributed by atoms with Crippen molar-refractivity contribution in [3.05, 3.63) is 52.2 Å². The molecule has 0 bridgehead atoms. The number of hydrogen-bond acceptors (Lipinski definition) is 6. The molecular weight excluding hydrogens is 376 g/mol. The van der Waals surface area contributed by atoms with Crippen LogP contribution in [0.3, 0.4) is 0 Å². The van der Waals surface area contributed by atoms with E-state index >= 15 is 0 Å². The first-order valence-electron chi connectivity index (χ1n) is 9.69. The van der Waals surface area contributed by atoms with Crippen molar-refractivity contribution in [2.75, 3.05) is 13.3 Å². The molecule has 1 saturated carbocycles. The van der Waals surface area contributed by atoms with Gasteiger partial charge in [-0.1, -0.05) is 11.6 Å². The van der Waals surface area contributed by atoms with E-state index in [2.05, 4.69) is 20.9 Å². The van der Waals surface area contributed by atoms with E-state index < -0.39 is 0 Å². The zero-order chi connectivity index (χ0) is 18.7. The number of nitrogens with zero attached hydrogens (tertiary/aromatic N) is 4. The molecule has 0 atom stereocenters. The predicted octanol–water partition coefficient (Wildman–Crippen LogP) is 3.84. The molecule has 3 aliphatic rings. The van der Waals surface area contributed by atoms with E-state index in [0.29, 0.717) is 11.1 Å². The normalized spacial score (nSPS) is 18.5. The van der Waals surface area contributed by atoms with Gasteiger partial charge in [0.25, 0.3) is 0 Å². The topological polar surface area (TPSA) is 60.4 Å². The number of pyridine rings is 1. The summed E-state index contributed by atoms with van der Waals surface area (Å²) in [6.45, 7) is 2.81. The SMILES string of the molecule is Clc1nc2cc3c(cc2cc1CN1CCc2nc(C4CC4)ncc2C1)OCO3. The Morgan fingerprint density at radius 3 is 2.82 bits per heavy atom. The Kier molecular flexibility index (Phi) is 3.71. The number of halogens is 1. The Balaban J connectivity index is 1.26. The Hall–Kier alpha value is -2.44. The lowest BCUT2D eigenvalue weighted by Crippen LogP contribution is -2.31. The fourth-order valence-electron chi connectivity index (χ4n) is 4.00. The van der Waals surface area contributed by atoms with Crippen LogP contribution in [0.15, 0.2) is 24.4 Å². The summed E-state index contributed by atoms with van der Waals surface area (Å²) < 4.78 is 10.9. The lowest BCUT2D eigenvalue weighted by Gasteiger charge is -2.28. The third kappa shape index (κ3) is 2.88. The highest BCUT2D eigenvalue weighted by atomic mass is 35.5. The lowest BCUT2D eigenvalue weighted by atomic mass is 10.1. The second-order valence-corrected chi connectivity index (χ2v) is 8.13. The Labute approximate surface area is 167 Å². The van der Waals surface area contributed by atoms with E-state index in [1.165, 1.54) is 24.1 Å². The molecule has 0 saturated heterocycles. The molecule has 0 unspecified atom stereocenters. The van der Waals surface area contributed by atoms with Crippen LogP contribution in [0.2, 0.25) is 5.15 Å². The van der Waals surface area contributed by atoms with Gasteiger partial charge in [0.1, 0.15) is 11.0 Å². The van der Waals surface area contributed by atoms with Crippen molar-refractivity contribution in [3.8, 4) is 11.5 Å². The van der Waals surface area contributed by atoms with E-state index in [9.17, 15) is 0 Å². The molecule has 0 spiro atoms. The zero-order valence-electron chi connectivity index (χ0n) is 15.3. The van der Waals surface area contributed by atoms with Gasteiger partial charge in [-0.25, -0.2) is 15.0 Å². The molecule has 142 valence electrons. The zero-order valence-corrected chi connectivity index (χ0v) is 16.1. The minimum absolute atomic E-state index is 0.254. The molecule has 6 nitrogen and oxygen atoms in total. The minimum atomic E-state index is 0.254. The maximum Gasteiger partial charge on any atom is 0.231 e. The van der Waals surface area contributed by atoms with Gasteiger partial charge < -0.3 is 9.47 Å². The molecule has 2 aliphatic heterocycles. The van der Waals surface area contributed by atoms with E-state index in [1.807, 2.05) is 18.3 Å². The Morgan fingerprint density at radius 2 is 1.96 bits per heavy atom. The quantitative estimate of drug-likeness (QED) is 0.629. The molecule has 7 heteroatoms. The Morgan fingerprint density at radius 1 is 1.11 bits per heavy atom. The molecule has 1 aromatic carbocycles. The number of fused-ring (bicyclic) bond motifs is 3. The lowest BCUT2D eigenvalue weighted by molar-refractivity contribution is 0.174. The van der Waals surface area contributed by atoms with Crippen molar-refractivity contribution in [1.82, 2.24) is 19.9 Å². The van der Waals surface area contributed by atoms with E-state index in [-0.39, 0.29) is 6.79 Å². The number of aromatic nitrogens is 3. The minimum Gasteiger partial charge on any atom is -0.454 e. The number of rotatable bonds is 3. The fraction of sp³-hybridized carbons (Fsp3) is 0.381. The van der Waals surface area contributed by atoms with E-state index in [4.69, 9.17) is 26.1 Å². The van der Waals surface area contributed by atoms with Crippen LogP contribution in [-0.4, -0.2) is 33.2 Å². The van der Waals surface area contributed by atoms with Crippen LogP contribution in [-0.2, 0) is 19.5 Å². The number of ether oxygens (including phenoxy) is 2. The average Bonchev–Trinajstić information content (AvgIpc) is 3.46. The first kappa shape index (κ1) is 16.5. The first-order valence-corrected chi connectivity index (χ1v) is 10.1. The second-order valence-electron chi connectivity index (χ2n) is 7.77. The van der Waals surface area contributed by atoms with Crippen molar-refractivity contribution in [2.24, 2.45) is 0 Å². The van der Waals surface area contributed by atoms with Gasteiger partial charge in [0.2, 0.25) is 6.79 Å².